The Morgan fingerprint density at radius 3 is 1.36 bits per heavy atom. The Labute approximate surface area is 152 Å². The largest absolute Gasteiger partial charge is 0.396 e. The zero-order valence-electron chi connectivity index (χ0n) is 16.0. The summed E-state index contributed by atoms with van der Waals surface area (Å²) in [5.41, 5.74) is 0. The lowest BCUT2D eigenvalue weighted by atomic mass is 10.4. The fraction of sp³-hybridized carbons (Fsp3) is 1.00. The maximum atomic E-state index is 12.6. The van der Waals surface area contributed by atoms with Crippen molar-refractivity contribution in [2.24, 2.45) is 0 Å². The minimum Gasteiger partial charge on any atom is -0.396 e. The van der Waals surface area contributed by atoms with Crippen molar-refractivity contribution in [3.8, 4) is 0 Å². The highest BCUT2D eigenvalue weighted by atomic mass is 31.2. The van der Waals surface area contributed by atoms with Gasteiger partial charge in [-0.05, 0) is 34.1 Å². The second-order valence-corrected chi connectivity index (χ2v) is 9.63. The third kappa shape index (κ3) is 11.5. The molecule has 0 heterocycles. The summed E-state index contributed by atoms with van der Waals surface area (Å²) in [5.74, 6) is 0. The van der Waals surface area contributed by atoms with Gasteiger partial charge in [0.25, 0.3) is 0 Å². The molecule has 10 heteroatoms. The summed E-state index contributed by atoms with van der Waals surface area (Å²) in [6, 6.07) is 0. The van der Waals surface area contributed by atoms with Crippen LogP contribution in [0, 0.1) is 0 Å². The molecule has 0 rings (SSSR count). The zero-order valence-corrected chi connectivity index (χ0v) is 17.8. The van der Waals surface area contributed by atoms with E-state index in [1.807, 2.05) is 4.90 Å². The van der Waals surface area contributed by atoms with Crippen LogP contribution in [0.2, 0.25) is 0 Å². The summed E-state index contributed by atoms with van der Waals surface area (Å²) < 4.78 is 46.3. The number of nitrogens with zero attached hydrogens (tertiary/aromatic N) is 1. The molecular formula is C15H35NO7P2. The molecule has 0 atom stereocenters. The van der Waals surface area contributed by atoms with Gasteiger partial charge in [-0.2, -0.15) is 0 Å². The van der Waals surface area contributed by atoms with Crippen LogP contribution in [0.15, 0.2) is 0 Å². The van der Waals surface area contributed by atoms with Gasteiger partial charge in [0.05, 0.1) is 38.8 Å². The van der Waals surface area contributed by atoms with Crippen molar-refractivity contribution in [3.05, 3.63) is 0 Å². The van der Waals surface area contributed by atoms with Crippen molar-refractivity contribution in [2.45, 2.75) is 34.1 Å². The summed E-state index contributed by atoms with van der Waals surface area (Å²) in [4.78, 5) is 1.98. The second kappa shape index (κ2) is 14.3. The van der Waals surface area contributed by atoms with E-state index in [-0.39, 0.29) is 18.9 Å². The first-order valence-corrected chi connectivity index (χ1v) is 12.4. The Morgan fingerprint density at radius 2 is 1.08 bits per heavy atom. The van der Waals surface area contributed by atoms with Crippen LogP contribution in [0.1, 0.15) is 34.1 Å². The second-order valence-electron chi connectivity index (χ2n) is 5.26. The van der Waals surface area contributed by atoms with Crippen LogP contribution >= 0.6 is 15.2 Å². The summed E-state index contributed by atoms with van der Waals surface area (Å²) in [6.07, 6.45) is 1.06. The first-order chi connectivity index (χ1) is 11.9. The van der Waals surface area contributed by atoms with Crippen molar-refractivity contribution in [1.29, 1.82) is 0 Å². The van der Waals surface area contributed by atoms with Crippen LogP contribution in [-0.4, -0.2) is 75.0 Å². The fourth-order valence-electron chi connectivity index (χ4n) is 2.28. The van der Waals surface area contributed by atoms with Gasteiger partial charge >= 0.3 is 15.2 Å². The maximum Gasteiger partial charge on any atom is 0.331 e. The predicted molar refractivity (Wildman–Crippen MR) is 99.6 cm³/mol. The normalized spacial score (nSPS) is 12.9. The molecule has 0 aromatic heterocycles. The van der Waals surface area contributed by atoms with Gasteiger partial charge in [0.15, 0.2) is 0 Å². The Kier molecular flexibility index (Phi) is 14.4. The van der Waals surface area contributed by atoms with Gasteiger partial charge in [0, 0.05) is 26.2 Å². The summed E-state index contributed by atoms with van der Waals surface area (Å²) >= 11 is 0. The van der Waals surface area contributed by atoms with Gasteiger partial charge in [-0.15, -0.1) is 0 Å². The van der Waals surface area contributed by atoms with Gasteiger partial charge in [-0.25, -0.2) is 0 Å². The van der Waals surface area contributed by atoms with E-state index in [9.17, 15) is 9.13 Å². The lowest BCUT2D eigenvalue weighted by molar-refractivity contribution is 0.200. The van der Waals surface area contributed by atoms with Gasteiger partial charge in [0.2, 0.25) is 0 Å². The first kappa shape index (κ1) is 25.2. The molecule has 0 aliphatic rings. The van der Waals surface area contributed by atoms with Crippen LogP contribution < -0.4 is 0 Å². The minimum absolute atomic E-state index is 0.0552. The molecule has 0 bridgehead atoms. The van der Waals surface area contributed by atoms with E-state index in [2.05, 4.69) is 0 Å². The highest BCUT2D eigenvalue weighted by molar-refractivity contribution is 7.54. The van der Waals surface area contributed by atoms with Crippen LogP contribution in [0.4, 0.5) is 0 Å². The lowest BCUT2D eigenvalue weighted by Gasteiger charge is -2.26. The molecule has 0 saturated carbocycles. The molecule has 0 spiro atoms. The summed E-state index contributed by atoms with van der Waals surface area (Å²) in [7, 11) is -6.26. The van der Waals surface area contributed by atoms with Crippen molar-refractivity contribution < 1.29 is 32.3 Å². The van der Waals surface area contributed by atoms with Crippen LogP contribution in [0.5, 0.6) is 0 Å². The highest BCUT2D eigenvalue weighted by Gasteiger charge is 2.27. The molecule has 25 heavy (non-hydrogen) atoms. The van der Waals surface area contributed by atoms with Crippen LogP contribution in [0.3, 0.4) is 0 Å². The number of aliphatic hydroxyl groups is 1. The Balaban J connectivity index is 4.77. The quantitative estimate of drug-likeness (QED) is 0.370. The standard InChI is InChI=1S/C15H35NO7P2/c1-5-20-24(18,21-6-2)14-11-16(10-9-13-17)12-15-25(19,22-7-3)23-8-4/h17H,5-15H2,1-4H3. The van der Waals surface area contributed by atoms with Gasteiger partial charge in [-0.3, -0.25) is 9.13 Å². The molecule has 0 amide bonds. The van der Waals surface area contributed by atoms with Crippen LogP contribution in [0.25, 0.3) is 0 Å². The fourth-order valence-corrected chi connectivity index (χ4v) is 5.57. The van der Waals surface area contributed by atoms with E-state index >= 15 is 0 Å². The molecule has 0 saturated heterocycles. The van der Waals surface area contributed by atoms with Gasteiger partial charge in [-0.1, -0.05) is 0 Å². The van der Waals surface area contributed by atoms with E-state index < -0.39 is 15.2 Å². The minimum atomic E-state index is -3.13. The molecule has 152 valence electrons. The smallest absolute Gasteiger partial charge is 0.331 e. The van der Waals surface area contributed by atoms with E-state index in [1.165, 1.54) is 0 Å². The molecule has 8 nitrogen and oxygen atoms in total. The van der Waals surface area contributed by atoms with Crippen molar-refractivity contribution in [1.82, 2.24) is 4.90 Å². The lowest BCUT2D eigenvalue weighted by Crippen LogP contribution is -2.32. The topological polar surface area (TPSA) is 94.5 Å². The molecule has 0 unspecified atom stereocenters. The Morgan fingerprint density at radius 1 is 0.720 bits per heavy atom. The molecule has 1 N–H and O–H groups in total. The predicted octanol–water partition coefficient (Wildman–Crippen LogP) is 3.20. The molecule has 0 aliphatic heterocycles. The third-order valence-corrected chi connectivity index (χ3v) is 7.42. The Bertz CT molecular complexity index is 369. The van der Waals surface area contributed by atoms with Gasteiger partial charge in [0.1, 0.15) is 0 Å². The van der Waals surface area contributed by atoms with Crippen molar-refractivity contribution in [3.63, 3.8) is 0 Å². The van der Waals surface area contributed by atoms with Crippen molar-refractivity contribution >= 4 is 15.2 Å². The van der Waals surface area contributed by atoms with Crippen LogP contribution in [-0.2, 0) is 27.2 Å². The maximum absolute atomic E-state index is 12.6. The van der Waals surface area contributed by atoms with E-state index in [4.69, 9.17) is 23.2 Å². The average molecular weight is 403 g/mol. The third-order valence-electron chi connectivity index (χ3n) is 3.32. The highest BCUT2D eigenvalue weighted by Crippen LogP contribution is 2.49. The van der Waals surface area contributed by atoms with E-state index in [0.717, 1.165) is 0 Å². The summed E-state index contributed by atoms with van der Waals surface area (Å²) in [5, 5.41) is 9.07. The number of hydrogen-bond acceptors (Lipinski definition) is 8. The van der Waals surface area contributed by atoms with Gasteiger partial charge < -0.3 is 28.1 Å². The Hall–Kier alpha value is 0.220. The first-order valence-electron chi connectivity index (χ1n) is 8.98. The zero-order chi connectivity index (χ0) is 19.2. The molecule has 0 aromatic rings. The molecule has 0 radical (unpaired) electrons. The molecule has 0 aliphatic carbocycles. The molecular weight excluding hydrogens is 368 g/mol. The SMILES string of the molecule is CCOP(=O)(CCN(CCCO)CCP(=O)(OCC)OCC)OCC. The van der Waals surface area contributed by atoms with Crippen molar-refractivity contribution in [2.75, 3.05) is 65.0 Å². The molecule has 0 aromatic carbocycles. The number of aliphatic hydroxyl groups excluding tert-OH is 1. The molecule has 0 fully saturated rings. The van der Waals surface area contributed by atoms with E-state index in [1.54, 1.807) is 27.7 Å². The number of rotatable bonds is 17. The average Bonchev–Trinajstić information content (AvgIpc) is 2.55. The monoisotopic (exact) mass is 403 g/mol. The summed E-state index contributed by atoms with van der Waals surface area (Å²) in [6.45, 7) is 9.92. The van der Waals surface area contributed by atoms with E-state index in [0.29, 0.717) is 52.5 Å². The number of hydrogen-bond donors (Lipinski definition) is 1.